The molecule has 0 aromatic carbocycles. The maximum absolute atomic E-state index is 1.78. The summed E-state index contributed by atoms with van der Waals surface area (Å²) < 4.78 is 0. The molecule has 0 nitrogen and oxygen atoms in total. The van der Waals surface area contributed by atoms with Crippen LogP contribution < -0.4 is 0 Å². The van der Waals surface area contributed by atoms with Crippen LogP contribution in [-0.4, -0.2) is 10.9 Å². The summed E-state index contributed by atoms with van der Waals surface area (Å²) in [5, 5.41) is 0. The Labute approximate surface area is 55.3 Å². The van der Waals surface area contributed by atoms with Crippen molar-refractivity contribution in [2.45, 2.75) is 24.2 Å². The minimum atomic E-state index is 0.465. The molecule has 0 aliphatic carbocycles. The third-order valence-electron chi connectivity index (χ3n) is 1.81. The summed E-state index contributed by atoms with van der Waals surface area (Å²) in [6.07, 6.45) is 0. The molecular weight excluding hydrogens is 195 g/mol. The van der Waals surface area contributed by atoms with Crippen LogP contribution in [0.2, 0.25) is 24.2 Å². The van der Waals surface area contributed by atoms with Crippen molar-refractivity contribution in [3.8, 4) is 0 Å². The number of rotatable bonds is 0. The van der Waals surface area contributed by atoms with Crippen molar-refractivity contribution in [1.29, 1.82) is 0 Å². The van der Waals surface area contributed by atoms with Gasteiger partial charge < -0.3 is 0 Å². The van der Waals surface area contributed by atoms with Crippen molar-refractivity contribution < 1.29 is 20.5 Å². The zero-order chi connectivity index (χ0) is 4.69. The second-order valence-corrected chi connectivity index (χ2v) is 23.7. The first-order valence-electron chi connectivity index (χ1n) is 2.91. The quantitative estimate of drug-likeness (QED) is 0.517. The molecule has 2 heterocycles. The molecule has 0 saturated carbocycles. The average molecular weight is 204 g/mol. The standard InChI is InChI=1S/C4H8Si2.Zr/c1-2-6-4-3-5-1;/h1-4H2;. The zero-order valence-electron chi connectivity index (χ0n) is 4.33. The Hall–Kier alpha value is 1.32. The summed E-state index contributed by atoms with van der Waals surface area (Å²) >= 11 is 0.465. The maximum atomic E-state index is 1.78. The second kappa shape index (κ2) is 1.92. The molecule has 0 radical (unpaired) electrons. The fraction of sp³-hybridized carbons (Fsp3) is 1.00. The second-order valence-electron chi connectivity index (χ2n) is 2.33. The van der Waals surface area contributed by atoms with Crippen molar-refractivity contribution >= 4 is 10.9 Å². The molecule has 2 bridgehead atoms. The molecule has 0 amide bonds. The molecule has 36 valence electrons. The molecule has 2 aliphatic rings. The van der Waals surface area contributed by atoms with Crippen LogP contribution >= 0.6 is 0 Å². The third-order valence-corrected chi connectivity index (χ3v) is 32.1. The van der Waals surface area contributed by atoms with Gasteiger partial charge in [0.25, 0.3) is 0 Å². The van der Waals surface area contributed by atoms with Crippen LogP contribution in [0.15, 0.2) is 0 Å². The van der Waals surface area contributed by atoms with Gasteiger partial charge in [0.15, 0.2) is 0 Å². The van der Waals surface area contributed by atoms with Gasteiger partial charge in [0.1, 0.15) is 0 Å². The van der Waals surface area contributed by atoms with Gasteiger partial charge in [-0.3, -0.25) is 0 Å². The summed E-state index contributed by atoms with van der Waals surface area (Å²) in [7, 11) is 0. The first-order valence-corrected chi connectivity index (χ1v) is 14.1. The van der Waals surface area contributed by atoms with Gasteiger partial charge in [-0.1, -0.05) is 0 Å². The van der Waals surface area contributed by atoms with E-state index in [1.54, 1.807) is 24.2 Å². The first kappa shape index (κ1) is 5.13. The Morgan fingerprint density at radius 1 is 0.857 bits per heavy atom. The molecule has 3 heteroatoms. The van der Waals surface area contributed by atoms with Crippen LogP contribution in [-0.2, 0) is 20.5 Å². The summed E-state index contributed by atoms with van der Waals surface area (Å²) in [6, 6.07) is 7.13. The van der Waals surface area contributed by atoms with Crippen LogP contribution in [0, 0.1) is 0 Å². The molecular formula is C4H8Si2Zr. The van der Waals surface area contributed by atoms with E-state index in [9.17, 15) is 0 Å². The van der Waals surface area contributed by atoms with Crippen molar-refractivity contribution in [2.75, 3.05) is 0 Å². The molecule has 2 aliphatic heterocycles. The summed E-state index contributed by atoms with van der Waals surface area (Å²) in [6.45, 7) is 0. The van der Waals surface area contributed by atoms with Gasteiger partial charge >= 0.3 is 55.5 Å². The van der Waals surface area contributed by atoms with Gasteiger partial charge in [-0.15, -0.1) is 0 Å². The van der Waals surface area contributed by atoms with Gasteiger partial charge in [0.05, 0.1) is 0 Å². The Balaban J connectivity index is 2.45. The molecule has 0 aromatic heterocycles. The summed E-state index contributed by atoms with van der Waals surface area (Å²) in [4.78, 5) is 0. The van der Waals surface area contributed by atoms with Gasteiger partial charge in [0, 0.05) is 0 Å². The van der Waals surface area contributed by atoms with E-state index < -0.39 is 0 Å². The van der Waals surface area contributed by atoms with E-state index in [2.05, 4.69) is 0 Å². The van der Waals surface area contributed by atoms with Crippen LogP contribution in [0.4, 0.5) is 0 Å². The fourth-order valence-corrected chi connectivity index (χ4v) is 43.9. The van der Waals surface area contributed by atoms with E-state index in [4.69, 9.17) is 0 Å². The van der Waals surface area contributed by atoms with E-state index in [0.29, 0.717) is 31.3 Å². The third kappa shape index (κ3) is 0.882. The van der Waals surface area contributed by atoms with Crippen LogP contribution in [0.25, 0.3) is 0 Å². The Kier molecular flexibility index (Phi) is 1.41. The van der Waals surface area contributed by atoms with Gasteiger partial charge in [-0.25, -0.2) is 0 Å². The van der Waals surface area contributed by atoms with E-state index in [-0.39, 0.29) is 0 Å². The van der Waals surface area contributed by atoms with Crippen molar-refractivity contribution in [3.05, 3.63) is 0 Å². The molecule has 2 rings (SSSR count). The number of hydrogen-bond donors (Lipinski definition) is 0. The Morgan fingerprint density at radius 2 is 1.29 bits per heavy atom. The summed E-state index contributed by atoms with van der Waals surface area (Å²) in [5.74, 6) is 0. The molecule has 0 saturated heterocycles. The van der Waals surface area contributed by atoms with E-state index >= 15 is 0 Å². The van der Waals surface area contributed by atoms with Crippen molar-refractivity contribution in [3.63, 3.8) is 0 Å². The molecule has 0 aromatic rings. The molecule has 0 fully saturated rings. The first-order chi connectivity index (χ1) is 3.45. The van der Waals surface area contributed by atoms with Gasteiger partial charge in [0.2, 0.25) is 0 Å². The summed E-state index contributed by atoms with van der Waals surface area (Å²) in [5.41, 5.74) is 1.08. The average Bonchev–Trinajstić information content (AvgIpc) is 2.22. The predicted octanol–water partition coefficient (Wildman–Crippen LogP) is 1.08. The Morgan fingerprint density at radius 3 is 1.43 bits per heavy atom. The topological polar surface area (TPSA) is 0 Å². The molecule has 0 N–H and O–H groups in total. The van der Waals surface area contributed by atoms with Crippen LogP contribution in [0.3, 0.4) is 0 Å². The molecule has 0 atom stereocenters. The minimum absolute atomic E-state index is 0.465. The molecule has 0 spiro atoms. The van der Waals surface area contributed by atoms with Crippen LogP contribution in [0.5, 0.6) is 0 Å². The van der Waals surface area contributed by atoms with E-state index in [1.165, 1.54) is 0 Å². The monoisotopic (exact) mass is 202 g/mol. The normalized spacial score (nSPS) is 25.1. The molecule has 7 heavy (non-hydrogen) atoms. The van der Waals surface area contributed by atoms with Crippen molar-refractivity contribution in [2.24, 2.45) is 0 Å². The molecule has 0 unspecified atom stereocenters. The predicted molar refractivity (Wildman–Crippen MR) is 30.7 cm³/mol. The van der Waals surface area contributed by atoms with E-state index in [1.807, 2.05) is 0 Å². The van der Waals surface area contributed by atoms with Gasteiger partial charge in [-0.05, 0) is 0 Å². The fourth-order valence-electron chi connectivity index (χ4n) is 1.35. The zero-order valence-corrected chi connectivity index (χ0v) is 8.79. The van der Waals surface area contributed by atoms with E-state index in [0.717, 1.165) is 0 Å². The SMILES string of the molecule is C1C[Si]2=[Zr]=[Si]1CC2. The van der Waals surface area contributed by atoms with Crippen molar-refractivity contribution in [1.82, 2.24) is 0 Å². The van der Waals surface area contributed by atoms with Crippen LogP contribution in [0.1, 0.15) is 0 Å². The number of hydrogen-bond acceptors (Lipinski definition) is 0. The van der Waals surface area contributed by atoms with Gasteiger partial charge in [-0.2, -0.15) is 0 Å². The Bertz CT molecular complexity index is 139.